The van der Waals surface area contributed by atoms with Crippen LogP contribution >= 0.6 is 17.3 Å². The molecule has 1 aliphatic carbocycles. The lowest BCUT2D eigenvalue weighted by Crippen LogP contribution is -2.28. The standard InChI is InChI=1S/C9H17NOP2/c11-9-8-5-1-3-7(8)4-2-6-10(9)13-12/h7-8,13H,1-6,12H2. The molecule has 0 spiro atoms. The minimum atomic E-state index is 0.385. The Labute approximate surface area is 83.8 Å². The summed E-state index contributed by atoms with van der Waals surface area (Å²) in [5.41, 5.74) is 0. The van der Waals surface area contributed by atoms with Gasteiger partial charge in [-0.3, -0.25) is 4.79 Å². The first-order chi connectivity index (χ1) is 6.33. The molecule has 2 fully saturated rings. The maximum atomic E-state index is 12.0. The first-order valence-electron chi connectivity index (χ1n) is 5.10. The molecular weight excluding hydrogens is 200 g/mol. The van der Waals surface area contributed by atoms with Gasteiger partial charge in [0.2, 0.25) is 5.91 Å². The van der Waals surface area contributed by atoms with Crippen molar-refractivity contribution in [2.75, 3.05) is 6.54 Å². The number of fused-ring (bicyclic) bond motifs is 1. The lowest BCUT2D eigenvalue weighted by Gasteiger charge is -2.21. The van der Waals surface area contributed by atoms with Gasteiger partial charge in [-0.25, -0.2) is 0 Å². The van der Waals surface area contributed by atoms with Crippen LogP contribution in [0, 0.1) is 11.8 Å². The highest BCUT2D eigenvalue weighted by molar-refractivity contribution is 8.01. The van der Waals surface area contributed by atoms with Crippen LogP contribution in [0.2, 0.25) is 0 Å². The van der Waals surface area contributed by atoms with E-state index in [4.69, 9.17) is 0 Å². The minimum absolute atomic E-state index is 0.385. The van der Waals surface area contributed by atoms with E-state index in [0.717, 1.165) is 18.9 Å². The third-order valence-corrected chi connectivity index (χ3v) is 5.05. The number of carbonyl (C=O) groups is 1. The van der Waals surface area contributed by atoms with E-state index in [9.17, 15) is 4.79 Å². The average molecular weight is 217 g/mol. The fourth-order valence-electron chi connectivity index (χ4n) is 2.66. The quantitative estimate of drug-likeness (QED) is 0.617. The van der Waals surface area contributed by atoms with Crippen LogP contribution in [0.3, 0.4) is 0 Å². The number of amides is 1. The summed E-state index contributed by atoms with van der Waals surface area (Å²) >= 11 is 0. The highest BCUT2D eigenvalue weighted by Crippen LogP contribution is 2.41. The van der Waals surface area contributed by atoms with E-state index in [2.05, 4.69) is 8.93 Å². The second kappa shape index (κ2) is 4.24. The molecule has 2 rings (SSSR count). The Balaban J connectivity index is 2.11. The third-order valence-electron chi connectivity index (χ3n) is 3.35. The van der Waals surface area contributed by atoms with Gasteiger partial charge >= 0.3 is 0 Å². The van der Waals surface area contributed by atoms with Gasteiger partial charge in [0, 0.05) is 12.5 Å². The monoisotopic (exact) mass is 217 g/mol. The van der Waals surface area contributed by atoms with Crippen LogP contribution < -0.4 is 0 Å². The van der Waals surface area contributed by atoms with Gasteiger partial charge in [-0.2, -0.15) is 0 Å². The van der Waals surface area contributed by atoms with Crippen LogP contribution in [-0.2, 0) is 4.79 Å². The van der Waals surface area contributed by atoms with Crippen molar-refractivity contribution >= 4 is 23.3 Å². The number of hydrogen-bond donors (Lipinski definition) is 0. The van der Waals surface area contributed by atoms with E-state index in [1.807, 2.05) is 4.67 Å². The molecule has 2 nitrogen and oxygen atoms in total. The maximum absolute atomic E-state index is 12.0. The van der Waals surface area contributed by atoms with Crippen LogP contribution in [-0.4, -0.2) is 17.1 Å². The van der Waals surface area contributed by atoms with E-state index in [0.29, 0.717) is 20.2 Å². The van der Waals surface area contributed by atoms with Gasteiger partial charge in [-0.05, 0) is 40.0 Å². The zero-order chi connectivity index (χ0) is 9.26. The highest BCUT2D eigenvalue weighted by atomic mass is 32.0. The minimum Gasteiger partial charge on any atom is -0.321 e. The second-order valence-electron chi connectivity index (χ2n) is 4.06. The van der Waals surface area contributed by atoms with Gasteiger partial charge in [0.25, 0.3) is 0 Å². The number of hydrogen-bond acceptors (Lipinski definition) is 1. The normalized spacial score (nSPS) is 35.5. The Kier molecular flexibility index (Phi) is 3.22. The van der Waals surface area contributed by atoms with Crippen molar-refractivity contribution in [1.82, 2.24) is 4.67 Å². The predicted molar refractivity (Wildman–Crippen MR) is 59.8 cm³/mol. The molecule has 0 N–H and O–H groups in total. The van der Waals surface area contributed by atoms with Crippen LogP contribution in [0.25, 0.3) is 0 Å². The third kappa shape index (κ3) is 1.90. The Morgan fingerprint density at radius 3 is 2.85 bits per heavy atom. The number of rotatable bonds is 1. The molecule has 2 aliphatic rings. The fraction of sp³-hybridized carbons (Fsp3) is 0.889. The van der Waals surface area contributed by atoms with Gasteiger partial charge in [-0.1, -0.05) is 15.3 Å². The Hall–Kier alpha value is 0.330. The highest BCUT2D eigenvalue weighted by Gasteiger charge is 2.36. The van der Waals surface area contributed by atoms with Crippen LogP contribution in [0.15, 0.2) is 0 Å². The molecule has 4 unspecified atom stereocenters. The summed E-state index contributed by atoms with van der Waals surface area (Å²) in [6.45, 7) is 0.994. The molecule has 74 valence electrons. The molecule has 1 amide bonds. The van der Waals surface area contributed by atoms with E-state index in [1.54, 1.807) is 0 Å². The molecule has 0 radical (unpaired) electrons. The van der Waals surface area contributed by atoms with Crippen molar-refractivity contribution in [2.24, 2.45) is 11.8 Å². The van der Waals surface area contributed by atoms with E-state index < -0.39 is 0 Å². The SMILES string of the molecule is O=C1C2CCCC2CCCN1PP. The zero-order valence-electron chi connectivity index (χ0n) is 7.83. The Morgan fingerprint density at radius 2 is 2.08 bits per heavy atom. The topological polar surface area (TPSA) is 20.3 Å². The van der Waals surface area contributed by atoms with Gasteiger partial charge < -0.3 is 4.67 Å². The van der Waals surface area contributed by atoms with Crippen molar-refractivity contribution < 1.29 is 4.79 Å². The summed E-state index contributed by atoms with van der Waals surface area (Å²) in [4.78, 5) is 12.0. The van der Waals surface area contributed by atoms with Gasteiger partial charge in [0.1, 0.15) is 0 Å². The van der Waals surface area contributed by atoms with Crippen molar-refractivity contribution in [3.63, 3.8) is 0 Å². The van der Waals surface area contributed by atoms with Crippen molar-refractivity contribution in [3.8, 4) is 0 Å². The first kappa shape index (κ1) is 9.87. The Morgan fingerprint density at radius 1 is 1.31 bits per heavy atom. The largest absolute Gasteiger partial charge is 0.321 e. The van der Waals surface area contributed by atoms with Crippen molar-refractivity contribution in [2.45, 2.75) is 32.1 Å². The van der Waals surface area contributed by atoms with Crippen molar-refractivity contribution in [3.05, 3.63) is 0 Å². The summed E-state index contributed by atoms with van der Waals surface area (Å²) < 4.78 is 2.04. The molecule has 0 aromatic rings. The molecule has 1 saturated carbocycles. The summed E-state index contributed by atoms with van der Waals surface area (Å²) in [6, 6.07) is 0. The molecule has 1 saturated heterocycles. The molecule has 0 bridgehead atoms. The first-order valence-corrected chi connectivity index (χ1v) is 7.86. The second-order valence-corrected chi connectivity index (χ2v) is 5.63. The summed E-state index contributed by atoms with van der Waals surface area (Å²) in [5.74, 6) is 1.54. The molecule has 1 heterocycles. The van der Waals surface area contributed by atoms with E-state index in [-0.39, 0.29) is 0 Å². The fourth-order valence-corrected chi connectivity index (χ4v) is 4.01. The van der Waals surface area contributed by atoms with Gasteiger partial charge in [0.05, 0.1) is 0 Å². The van der Waals surface area contributed by atoms with E-state index >= 15 is 0 Å². The summed E-state index contributed by atoms with van der Waals surface area (Å²) in [7, 11) is 3.28. The van der Waals surface area contributed by atoms with Crippen LogP contribution in [0.1, 0.15) is 32.1 Å². The molecule has 4 heteroatoms. The zero-order valence-corrected chi connectivity index (χ0v) is 9.98. The number of carbonyl (C=O) groups excluding carboxylic acids is 1. The van der Waals surface area contributed by atoms with Crippen molar-refractivity contribution in [1.29, 1.82) is 0 Å². The molecular formula is C9H17NOP2. The van der Waals surface area contributed by atoms with Gasteiger partial charge in [0.15, 0.2) is 0 Å². The van der Waals surface area contributed by atoms with Gasteiger partial charge in [-0.15, -0.1) is 0 Å². The molecule has 4 atom stereocenters. The maximum Gasteiger partial charge on any atom is 0.229 e. The summed E-state index contributed by atoms with van der Waals surface area (Å²) in [6.07, 6.45) is 6.21. The Bertz CT molecular complexity index is 210. The number of nitrogens with zero attached hydrogens (tertiary/aromatic N) is 1. The van der Waals surface area contributed by atoms with E-state index in [1.165, 1.54) is 25.7 Å². The molecule has 0 aromatic heterocycles. The average Bonchev–Trinajstić information content (AvgIpc) is 2.54. The summed E-state index contributed by atoms with van der Waals surface area (Å²) in [5, 5.41) is 0. The molecule has 1 aliphatic heterocycles. The molecule has 0 aromatic carbocycles. The lowest BCUT2D eigenvalue weighted by molar-refractivity contribution is -0.130. The predicted octanol–water partition coefficient (Wildman–Crippen LogP) is 2.41. The van der Waals surface area contributed by atoms with Crippen LogP contribution in [0.4, 0.5) is 0 Å². The molecule has 13 heavy (non-hydrogen) atoms. The lowest BCUT2D eigenvalue weighted by atomic mass is 9.93. The van der Waals surface area contributed by atoms with Crippen LogP contribution in [0.5, 0.6) is 0 Å². The smallest absolute Gasteiger partial charge is 0.229 e.